The second-order valence-electron chi connectivity index (χ2n) is 9.96. The summed E-state index contributed by atoms with van der Waals surface area (Å²) in [5, 5.41) is 20.8. The number of nitrogens with one attached hydrogen (secondary N) is 2. The molecular formula is C29H36N2O8+2. The zero-order valence-electron chi connectivity index (χ0n) is 22.4. The fourth-order valence-corrected chi connectivity index (χ4v) is 5.48. The molecule has 2 aromatic carbocycles. The van der Waals surface area contributed by atoms with Crippen molar-refractivity contribution in [2.24, 2.45) is 0 Å². The van der Waals surface area contributed by atoms with Crippen molar-refractivity contribution in [3.63, 3.8) is 0 Å². The van der Waals surface area contributed by atoms with Gasteiger partial charge in [0, 0.05) is 0 Å². The lowest BCUT2D eigenvalue weighted by Crippen LogP contribution is -3.27. The van der Waals surface area contributed by atoms with Crippen LogP contribution in [0.2, 0.25) is 0 Å². The summed E-state index contributed by atoms with van der Waals surface area (Å²) in [5.41, 5.74) is 1.53. The molecule has 0 bridgehead atoms. The molecule has 1 aromatic heterocycles. The molecule has 3 heterocycles. The van der Waals surface area contributed by atoms with Gasteiger partial charge in [-0.05, 0) is 42.7 Å². The molecule has 3 aromatic rings. The van der Waals surface area contributed by atoms with E-state index in [0.29, 0.717) is 66.3 Å². The molecule has 2 aliphatic rings. The van der Waals surface area contributed by atoms with Crippen molar-refractivity contribution in [2.75, 3.05) is 59.2 Å². The summed E-state index contributed by atoms with van der Waals surface area (Å²) in [4.78, 5) is 29.8. The number of rotatable bonds is 8. The molecule has 10 heteroatoms. The number of carbonyl (C=O) groups is 1. The first-order chi connectivity index (χ1) is 18.9. The van der Waals surface area contributed by atoms with Gasteiger partial charge in [0.1, 0.15) is 58.2 Å². The van der Waals surface area contributed by atoms with Gasteiger partial charge >= 0.3 is 5.97 Å². The molecule has 10 nitrogen and oxygen atoms in total. The van der Waals surface area contributed by atoms with Crippen LogP contribution in [0.4, 0.5) is 0 Å². The average molecular weight is 541 g/mol. The number of aliphatic hydroxyl groups is 1. The number of phenolic OH excluding ortho intramolecular Hbond substituents is 1. The third-order valence-electron chi connectivity index (χ3n) is 7.56. The predicted molar refractivity (Wildman–Crippen MR) is 143 cm³/mol. The van der Waals surface area contributed by atoms with Crippen molar-refractivity contribution in [1.82, 2.24) is 0 Å². The topological polar surface area (TPSA) is 124 Å². The Morgan fingerprint density at radius 2 is 1.74 bits per heavy atom. The maximum atomic E-state index is 14.1. The summed E-state index contributed by atoms with van der Waals surface area (Å²) in [6.45, 7) is 9.33. The molecule has 4 N–H and O–H groups in total. The van der Waals surface area contributed by atoms with Gasteiger partial charge in [0.05, 0.1) is 29.7 Å². The number of phenols is 1. The molecule has 1 saturated heterocycles. The van der Waals surface area contributed by atoms with Crippen LogP contribution in [-0.2, 0) is 17.7 Å². The van der Waals surface area contributed by atoms with E-state index in [1.54, 1.807) is 31.2 Å². The van der Waals surface area contributed by atoms with Crippen LogP contribution >= 0.6 is 0 Å². The number of hydrogen-bond donors (Lipinski definition) is 4. The van der Waals surface area contributed by atoms with E-state index < -0.39 is 5.97 Å². The molecule has 0 atom stereocenters. The Hall–Kier alpha value is -3.60. The van der Waals surface area contributed by atoms with Crippen LogP contribution in [0.25, 0.3) is 22.1 Å². The minimum Gasteiger partial charge on any atom is -0.507 e. The minimum absolute atomic E-state index is 0.0881. The number of fused-ring (bicyclic) bond motifs is 2. The first-order valence-corrected chi connectivity index (χ1v) is 13.6. The van der Waals surface area contributed by atoms with Gasteiger partial charge in [-0.3, -0.25) is 4.79 Å². The van der Waals surface area contributed by atoms with Gasteiger partial charge in [0.15, 0.2) is 17.1 Å². The van der Waals surface area contributed by atoms with E-state index in [1.807, 2.05) is 6.92 Å². The Labute approximate surface area is 226 Å². The quantitative estimate of drug-likeness (QED) is 0.294. The van der Waals surface area contributed by atoms with E-state index in [-0.39, 0.29) is 41.3 Å². The van der Waals surface area contributed by atoms with Crippen molar-refractivity contribution < 1.29 is 43.4 Å². The summed E-state index contributed by atoms with van der Waals surface area (Å²) in [6, 6.07) is 6.75. The summed E-state index contributed by atoms with van der Waals surface area (Å²) in [6.07, 6.45) is 0.525. The smallest absolute Gasteiger partial charge is 0.375 e. The number of aliphatic hydroxyl groups excluding tert-OH is 1. The number of hydrogen-bond acceptors (Lipinski definition) is 8. The number of carbonyl (C=O) groups excluding carboxylic acids is 1. The zero-order valence-corrected chi connectivity index (χ0v) is 22.4. The highest BCUT2D eigenvalue weighted by Crippen LogP contribution is 2.37. The molecule has 0 aliphatic carbocycles. The second-order valence-corrected chi connectivity index (χ2v) is 9.96. The molecule has 2 aliphatic heterocycles. The lowest BCUT2D eigenvalue weighted by atomic mass is 9.97. The van der Waals surface area contributed by atoms with Crippen molar-refractivity contribution in [3.8, 4) is 28.4 Å². The van der Waals surface area contributed by atoms with E-state index >= 15 is 0 Å². The molecule has 0 unspecified atom stereocenters. The number of quaternary nitrogens is 2. The highest BCUT2D eigenvalue weighted by molar-refractivity contribution is 5.98. The molecule has 0 saturated carbocycles. The molecule has 208 valence electrons. The fourth-order valence-electron chi connectivity index (χ4n) is 5.48. The van der Waals surface area contributed by atoms with Crippen LogP contribution in [0.3, 0.4) is 0 Å². The van der Waals surface area contributed by atoms with Gasteiger partial charge in [0.25, 0.3) is 0 Å². The monoisotopic (exact) mass is 540 g/mol. The van der Waals surface area contributed by atoms with E-state index in [9.17, 15) is 19.8 Å². The third kappa shape index (κ3) is 5.32. The Bertz CT molecular complexity index is 1430. The lowest BCUT2D eigenvalue weighted by Gasteiger charge is -2.29. The minimum atomic E-state index is -0.750. The first-order valence-electron chi connectivity index (χ1n) is 13.6. The van der Waals surface area contributed by atoms with Crippen LogP contribution in [0.5, 0.6) is 17.2 Å². The molecule has 0 radical (unpaired) electrons. The van der Waals surface area contributed by atoms with Crippen LogP contribution in [0.1, 0.15) is 35.5 Å². The van der Waals surface area contributed by atoms with E-state index in [4.69, 9.17) is 18.6 Å². The lowest BCUT2D eigenvalue weighted by molar-refractivity contribution is -1.02. The van der Waals surface area contributed by atoms with Gasteiger partial charge in [0.2, 0.25) is 11.2 Å². The van der Waals surface area contributed by atoms with E-state index in [0.717, 1.165) is 26.2 Å². The molecular weight excluding hydrogens is 504 g/mol. The highest BCUT2D eigenvalue weighted by Gasteiger charge is 2.30. The van der Waals surface area contributed by atoms with Crippen molar-refractivity contribution >= 4 is 16.9 Å². The van der Waals surface area contributed by atoms with Crippen molar-refractivity contribution in [2.45, 2.75) is 26.8 Å². The zero-order chi connectivity index (χ0) is 27.5. The normalized spacial score (nSPS) is 18.7. The summed E-state index contributed by atoms with van der Waals surface area (Å²) in [7, 11) is 0. The summed E-state index contributed by atoms with van der Waals surface area (Å²) < 4.78 is 22.9. The summed E-state index contributed by atoms with van der Waals surface area (Å²) >= 11 is 0. The van der Waals surface area contributed by atoms with Gasteiger partial charge in [-0.1, -0.05) is 13.0 Å². The number of esters is 1. The third-order valence-corrected chi connectivity index (χ3v) is 7.56. The van der Waals surface area contributed by atoms with Crippen LogP contribution in [0, 0.1) is 0 Å². The number of ether oxygens (including phenoxy) is 3. The number of benzene rings is 2. The van der Waals surface area contributed by atoms with Gasteiger partial charge < -0.3 is 38.6 Å². The number of piperazine rings is 1. The van der Waals surface area contributed by atoms with Gasteiger partial charge in [-0.2, -0.15) is 0 Å². The number of aryl methyl sites for hydroxylation is 1. The Morgan fingerprint density at radius 3 is 2.44 bits per heavy atom. The van der Waals surface area contributed by atoms with E-state index in [2.05, 4.69) is 0 Å². The predicted octanol–water partition coefficient (Wildman–Crippen LogP) is -0.0484. The molecule has 39 heavy (non-hydrogen) atoms. The Morgan fingerprint density at radius 1 is 1.03 bits per heavy atom. The Balaban J connectivity index is 1.66. The van der Waals surface area contributed by atoms with Crippen LogP contribution in [0.15, 0.2) is 33.5 Å². The first kappa shape index (κ1) is 27.0. The van der Waals surface area contributed by atoms with Gasteiger partial charge in [-0.25, -0.2) is 4.79 Å². The molecule has 0 amide bonds. The van der Waals surface area contributed by atoms with Crippen LogP contribution < -0.4 is 24.7 Å². The fraction of sp³-hybridized carbons (Fsp3) is 0.448. The standard InChI is InChI=1S/C29H34N2O8/c1-3-18-15-20-26(34)24(19-5-6-22-23(16-19)38-14-13-37-22)28(29(35)36-4-2)39-27(20)21(25(18)33)17-31-9-7-30(8-10-31)11-12-32/h5-6,15-16,32-33H,3-4,7-14,17H2,1-2H3/p+2. The highest BCUT2D eigenvalue weighted by atomic mass is 16.6. The van der Waals surface area contributed by atoms with Gasteiger partial charge in [-0.15, -0.1) is 0 Å². The van der Waals surface area contributed by atoms with Crippen molar-refractivity contribution in [3.05, 3.63) is 51.4 Å². The molecule has 1 fully saturated rings. The van der Waals surface area contributed by atoms with Crippen molar-refractivity contribution in [1.29, 1.82) is 0 Å². The summed E-state index contributed by atoms with van der Waals surface area (Å²) in [5.74, 6) is 0.188. The largest absolute Gasteiger partial charge is 0.507 e. The number of aromatic hydroxyl groups is 1. The Kier molecular flexibility index (Phi) is 8.06. The average Bonchev–Trinajstić information content (AvgIpc) is 2.95. The maximum Gasteiger partial charge on any atom is 0.375 e. The second kappa shape index (κ2) is 11.6. The molecule has 5 rings (SSSR count). The van der Waals surface area contributed by atoms with Crippen LogP contribution in [-0.4, -0.2) is 75.3 Å². The molecule has 0 spiro atoms. The van der Waals surface area contributed by atoms with E-state index in [1.165, 1.54) is 9.80 Å². The SMILES string of the molecule is CCOC(=O)c1oc2c(C[NH+]3CC[NH+](CCO)CC3)c(O)c(CC)cc2c(=O)c1-c1ccc2c(c1)OCCO2. The maximum absolute atomic E-state index is 14.1.